The average Bonchev–Trinajstić information content (AvgIpc) is 3.22. The SMILES string of the molecule is Cc1ccc(N2CC(C(=O)NCCCn3cccn3)CC2=O)cc1. The Kier molecular flexibility index (Phi) is 4.93. The molecule has 0 bridgehead atoms. The minimum atomic E-state index is -0.275. The zero-order chi connectivity index (χ0) is 16.9. The van der Waals surface area contributed by atoms with Crippen molar-refractivity contribution in [1.29, 1.82) is 0 Å². The van der Waals surface area contributed by atoms with Crippen LogP contribution < -0.4 is 10.2 Å². The van der Waals surface area contributed by atoms with Gasteiger partial charge in [-0.2, -0.15) is 5.10 Å². The fourth-order valence-corrected chi connectivity index (χ4v) is 2.89. The Morgan fingerprint density at radius 1 is 1.33 bits per heavy atom. The van der Waals surface area contributed by atoms with Crippen molar-refractivity contribution in [2.24, 2.45) is 5.92 Å². The molecule has 1 aliphatic heterocycles. The second-order valence-corrected chi connectivity index (χ2v) is 6.15. The normalized spacial score (nSPS) is 17.3. The Bertz CT molecular complexity index is 694. The molecule has 1 fully saturated rings. The molecule has 1 saturated heterocycles. The van der Waals surface area contributed by atoms with Gasteiger partial charge in [0.05, 0.1) is 5.92 Å². The molecule has 0 radical (unpaired) electrons. The molecule has 0 saturated carbocycles. The lowest BCUT2D eigenvalue weighted by molar-refractivity contribution is -0.126. The first-order valence-corrected chi connectivity index (χ1v) is 8.25. The molecular weight excluding hydrogens is 304 g/mol. The summed E-state index contributed by atoms with van der Waals surface area (Å²) in [6.07, 6.45) is 4.73. The van der Waals surface area contributed by atoms with Gasteiger partial charge in [0.2, 0.25) is 11.8 Å². The number of aromatic nitrogens is 2. The molecule has 2 amide bonds. The van der Waals surface area contributed by atoms with Crippen molar-refractivity contribution in [3.63, 3.8) is 0 Å². The lowest BCUT2D eigenvalue weighted by Gasteiger charge is -2.17. The van der Waals surface area contributed by atoms with E-state index in [0.29, 0.717) is 13.1 Å². The molecule has 6 heteroatoms. The summed E-state index contributed by atoms with van der Waals surface area (Å²) in [5.41, 5.74) is 2.01. The molecule has 0 spiro atoms. The molecule has 2 aromatic rings. The van der Waals surface area contributed by atoms with Crippen LogP contribution in [0.4, 0.5) is 5.69 Å². The number of carbonyl (C=O) groups excluding carboxylic acids is 2. The van der Waals surface area contributed by atoms with Crippen LogP contribution in [0.1, 0.15) is 18.4 Å². The Labute approximate surface area is 141 Å². The second kappa shape index (κ2) is 7.29. The van der Waals surface area contributed by atoms with Crippen LogP contribution >= 0.6 is 0 Å². The van der Waals surface area contributed by atoms with Gasteiger partial charge >= 0.3 is 0 Å². The first-order valence-electron chi connectivity index (χ1n) is 8.25. The van der Waals surface area contributed by atoms with Gasteiger partial charge in [-0.05, 0) is 31.5 Å². The third-order valence-corrected chi connectivity index (χ3v) is 4.26. The van der Waals surface area contributed by atoms with Crippen molar-refractivity contribution >= 4 is 17.5 Å². The van der Waals surface area contributed by atoms with Crippen LogP contribution in [0, 0.1) is 12.8 Å². The third kappa shape index (κ3) is 3.82. The van der Waals surface area contributed by atoms with E-state index in [-0.39, 0.29) is 24.2 Å². The number of nitrogens with zero attached hydrogens (tertiary/aromatic N) is 3. The summed E-state index contributed by atoms with van der Waals surface area (Å²) in [5, 5.41) is 7.05. The second-order valence-electron chi connectivity index (χ2n) is 6.15. The van der Waals surface area contributed by atoms with E-state index in [1.165, 1.54) is 0 Å². The number of carbonyl (C=O) groups is 2. The van der Waals surface area contributed by atoms with Crippen molar-refractivity contribution in [3.05, 3.63) is 48.3 Å². The number of hydrogen-bond acceptors (Lipinski definition) is 3. The van der Waals surface area contributed by atoms with E-state index in [0.717, 1.165) is 24.2 Å². The zero-order valence-electron chi connectivity index (χ0n) is 13.8. The highest BCUT2D eigenvalue weighted by Gasteiger charge is 2.34. The van der Waals surface area contributed by atoms with Crippen molar-refractivity contribution in [3.8, 4) is 0 Å². The Morgan fingerprint density at radius 2 is 2.12 bits per heavy atom. The Morgan fingerprint density at radius 3 is 2.83 bits per heavy atom. The van der Waals surface area contributed by atoms with Crippen LogP contribution in [-0.2, 0) is 16.1 Å². The van der Waals surface area contributed by atoms with E-state index in [4.69, 9.17) is 0 Å². The molecule has 3 rings (SSSR count). The third-order valence-electron chi connectivity index (χ3n) is 4.26. The summed E-state index contributed by atoms with van der Waals surface area (Å²) in [4.78, 5) is 26.2. The predicted octanol–water partition coefficient (Wildman–Crippen LogP) is 1.75. The average molecular weight is 326 g/mol. The van der Waals surface area contributed by atoms with E-state index in [9.17, 15) is 9.59 Å². The molecule has 1 aliphatic rings. The number of nitrogens with one attached hydrogen (secondary N) is 1. The van der Waals surface area contributed by atoms with Crippen LogP contribution in [0.15, 0.2) is 42.7 Å². The highest BCUT2D eigenvalue weighted by atomic mass is 16.2. The van der Waals surface area contributed by atoms with Crippen LogP contribution in [0.3, 0.4) is 0 Å². The molecule has 0 aliphatic carbocycles. The summed E-state index contributed by atoms with van der Waals surface area (Å²) in [6.45, 7) is 3.82. The topological polar surface area (TPSA) is 67.2 Å². The van der Waals surface area contributed by atoms with Gasteiger partial charge < -0.3 is 10.2 Å². The molecular formula is C18H22N4O2. The maximum Gasteiger partial charge on any atom is 0.227 e. The lowest BCUT2D eigenvalue weighted by Crippen LogP contribution is -2.33. The van der Waals surface area contributed by atoms with Gasteiger partial charge in [0.1, 0.15) is 0 Å². The largest absolute Gasteiger partial charge is 0.356 e. The minimum absolute atomic E-state index is 0.00976. The number of benzene rings is 1. The molecule has 24 heavy (non-hydrogen) atoms. The van der Waals surface area contributed by atoms with Crippen LogP contribution in [0.2, 0.25) is 0 Å². The lowest BCUT2D eigenvalue weighted by atomic mass is 10.1. The molecule has 1 atom stereocenters. The zero-order valence-corrected chi connectivity index (χ0v) is 13.8. The van der Waals surface area contributed by atoms with Gasteiger partial charge in [0, 0.05) is 44.1 Å². The van der Waals surface area contributed by atoms with Gasteiger partial charge in [-0.1, -0.05) is 17.7 Å². The van der Waals surface area contributed by atoms with Gasteiger partial charge in [-0.15, -0.1) is 0 Å². The quantitative estimate of drug-likeness (QED) is 0.823. The smallest absolute Gasteiger partial charge is 0.227 e. The minimum Gasteiger partial charge on any atom is -0.356 e. The van der Waals surface area contributed by atoms with Gasteiger partial charge in [-0.25, -0.2) is 0 Å². The molecule has 1 N–H and O–H groups in total. The highest BCUT2D eigenvalue weighted by Crippen LogP contribution is 2.25. The summed E-state index contributed by atoms with van der Waals surface area (Å²) >= 11 is 0. The van der Waals surface area contributed by atoms with E-state index < -0.39 is 0 Å². The molecule has 2 heterocycles. The van der Waals surface area contributed by atoms with Crippen molar-refractivity contribution in [1.82, 2.24) is 15.1 Å². The van der Waals surface area contributed by atoms with Crippen LogP contribution in [0.5, 0.6) is 0 Å². The molecule has 1 aromatic carbocycles. The van der Waals surface area contributed by atoms with Crippen LogP contribution in [0.25, 0.3) is 0 Å². The van der Waals surface area contributed by atoms with Gasteiger partial charge in [0.15, 0.2) is 0 Å². The van der Waals surface area contributed by atoms with Crippen molar-refractivity contribution < 1.29 is 9.59 Å². The monoisotopic (exact) mass is 326 g/mol. The summed E-state index contributed by atoms with van der Waals surface area (Å²) in [5.74, 6) is -0.308. The number of anilines is 1. The van der Waals surface area contributed by atoms with E-state index in [2.05, 4.69) is 10.4 Å². The first kappa shape index (κ1) is 16.2. The van der Waals surface area contributed by atoms with Crippen molar-refractivity contribution in [2.45, 2.75) is 26.3 Å². The summed E-state index contributed by atoms with van der Waals surface area (Å²) in [6, 6.07) is 9.69. The maximum absolute atomic E-state index is 12.3. The maximum atomic E-state index is 12.3. The molecule has 1 aromatic heterocycles. The number of rotatable bonds is 6. The molecule has 126 valence electrons. The van der Waals surface area contributed by atoms with Gasteiger partial charge in [0.25, 0.3) is 0 Å². The van der Waals surface area contributed by atoms with E-state index in [1.807, 2.05) is 48.1 Å². The van der Waals surface area contributed by atoms with Crippen LogP contribution in [-0.4, -0.2) is 34.7 Å². The highest BCUT2D eigenvalue weighted by molar-refractivity contribution is 6.00. The Hall–Kier alpha value is -2.63. The summed E-state index contributed by atoms with van der Waals surface area (Å²) < 4.78 is 1.84. The van der Waals surface area contributed by atoms with E-state index >= 15 is 0 Å². The summed E-state index contributed by atoms with van der Waals surface area (Å²) in [7, 11) is 0. The number of hydrogen-bond donors (Lipinski definition) is 1. The fourth-order valence-electron chi connectivity index (χ4n) is 2.89. The van der Waals surface area contributed by atoms with Gasteiger partial charge in [-0.3, -0.25) is 14.3 Å². The molecule has 6 nitrogen and oxygen atoms in total. The number of amides is 2. The molecule has 1 unspecified atom stereocenters. The fraction of sp³-hybridized carbons (Fsp3) is 0.389. The van der Waals surface area contributed by atoms with Crippen molar-refractivity contribution in [2.75, 3.05) is 18.0 Å². The first-order chi connectivity index (χ1) is 11.6. The Balaban J connectivity index is 1.47. The predicted molar refractivity (Wildman–Crippen MR) is 91.5 cm³/mol. The van der Waals surface area contributed by atoms with E-state index in [1.54, 1.807) is 11.1 Å². The standard InChI is InChI=1S/C18H22N4O2/c1-14-4-6-16(7-5-14)22-13-15(12-17(22)23)18(24)19-8-2-10-21-11-3-9-20-21/h3-7,9,11,15H,2,8,10,12-13H2,1H3,(H,19,24). The number of aryl methyl sites for hydroxylation is 2.